The number of carbonyl (C=O) groups excluding carboxylic acids is 1. The van der Waals surface area contributed by atoms with Crippen molar-refractivity contribution in [3.63, 3.8) is 0 Å². The minimum atomic E-state index is -0.415. The number of rotatable bonds is 8. The van der Waals surface area contributed by atoms with Crippen molar-refractivity contribution in [1.29, 1.82) is 0 Å². The molecule has 0 saturated heterocycles. The summed E-state index contributed by atoms with van der Waals surface area (Å²) in [6, 6.07) is 12.9. The summed E-state index contributed by atoms with van der Waals surface area (Å²) in [6.45, 7) is 1.63. The molecule has 0 amide bonds. The molecule has 0 N–H and O–H groups in total. The summed E-state index contributed by atoms with van der Waals surface area (Å²) in [7, 11) is 4.38. The smallest absolute Gasteiger partial charge is 0.204 e. The van der Waals surface area contributed by atoms with Crippen LogP contribution in [0.1, 0.15) is 27.0 Å². The normalized spacial score (nSPS) is 10.5. The van der Waals surface area contributed by atoms with Crippen LogP contribution in [0, 0.1) is 12.7 Å². The molecule has 0 spiro atoms. The molecule has 5 nitrogen and oxygen atoms in total. The summed E-state index contributed by atoms with van der Waals surface area (Å²) in [5.74, 6) is 0.234. The first kappa shape index (κ1) is 22.4. The Bertz CT molecular complexity index is 1110. The number of ketones is 1. The van der Waals surface area contributed by atoms with Gasteiger partial charge in [0.2, 0.25) is 11.5 Å². The van der Waals surface area contributed by atoms with Crippen LogP contribution in [0.25, 0.3) is 0 Å². The Hall–Kier alpha value is -3.25. The summed E-state index contributed by atoms with van der Waals surface area (Å²) in [6.07, 6.45) is 0. The molecule has 0 radical (unpaired) electrons. The summed E-state index contributed by atoms with van der Waals surface area (Å²) >= 11 is 6.34. The predicted molar refractivity (Wildman–Crippen MR) is 116 cm³/mol. The van der Waals surface area contributed by atoms with Crippen molar-refractivity contribution >= 4 is 17.4 Å². The predicted octanol–water partition coefficient (Wildman–Crippen LogP) is 5.62. The second-order valence-corrected chi connectivity index (χ2v) is 7.07. The Morgan fingerprint density at radius 1 is 0.903 bits per heavy atom. The molecule has 162 valence electrons. The van der Waals surface area contributed by atoms with Crippen LogP contribution in [0.15, 0.2) is 48.5 Å². The van der Waals surface area contributed by atoms with Gasteiger partial charge in [0.15, 0.2) is 11.5 Å². The Morgan fingerprint density at radius 3 is 2.26 bits per heavy atom. The Kier molecular flexibility index (Phi) is 7.02. The van der Waals surface area contributed by atoms with Gasteiger partial charge in [-0.2, -0.15) is 0 Å². The van der Waals surface area contributed by atoms with Crippen molar-refractivity contribution in [3.05, 3.63) is 81.6 Å². The average Bonchev–Trinajstić information content (AvgIpc) is 2.77. The molecule has 7 heteroatoms. The fourth-order valence-electron chi connectivity index (χ4n) is 3.29. The summed E-state index contributed by atoms with van der Waals surface area (Å²) in [5, 5.41) is 0.235. The molecule has 0 saturated carbocycles. The lowest BCUT2D eigenvalue weighted by Gasteiger charge is -2.20. The van der Waals surface area contributed by atoms with Gasteiger partial charge in [0, 0.05) is 5.56 Å². The number of aryl methyl sites for hydroxylation is 1. The molecular formula is C24H22ClFO5. The van der Waals surface area contributed by atoms with Crippen molar-refractivity contribution in [1.82, 2.24) is 0 Å². The third-order valence-electron chi connectivity index (χ3n) is 4.80. The van der Waals surface area contributed by atoms with Gasteiger partial charge in [-0.05, 0) is 36.8 Å². The van der Waals surface area contributed by atoms with Crippen molar-refractivity contribution in [2.75, 3.05) is 21.3 Å². The molecule has 0 heterocycles. The third-order valence-corrected chi connectivity index (χ3v) is 5.12. The maximum Gasteiger partial charge on any atom is 0.204 e. The molecule has 0 bridgehead atoms. The van der Waals surface area contributed by atoms with E-state index in [4.69, 9.17) is 30.5 Å². The first-order valence-electron chi connectivity index (χ1n) is 9.41. The summed E-state index contributed by atoms with van der Waals surface area (Å²) in [4.78, 5) is 13.6. The van der Waals surface area contributed by atoms with E-state index >= 15 is 0 Å². The molecule has 0 unspecified atom stereocenters. The van der Waals surface area contributed by atoms with Crippen molar-refractivity contribution in [3.8, 4) is 23.0 Å². The molecule has 0 aliphatic carbocycles. The van der Waals surface area contributed by atoms with E-state index in [2.05, 4.69) is 0 Å². The molecule has 0 atom stereocenters. The van der Waals surface area contributed by atoms with Gasteiger partial charge in [-0.1, -0.05) is 35.9 Å². The van der Waals surface area contributed by atoms with Gasteiger partial charge in [0.05, 0.1) is 37.5 Å². The van der Waals surface area contributed by atoms with E-state index in [-0.39, 0.29) is 34.3 Å². The summed E-state index contributed by atoms with van der Waals surface area (Å²) in [5.41, 5.74) is 1.32. The number of carbonyl (C=O) groups is 1. The van der Waals surface area contributed by atoms with E-state index in [0.29, 0.717) is 22.6 Å². The highest BCUT2D eigenvalue weighted by atomic mass is 35.5. The second-order valence-electron chi connectivity index (χ2n) is 6.66. The lowest BCUT2D eigenvalue weighted by atomic mass is 9.96. The largest absolute Gasteiger partial charge is 0.496 e. The highest BCUT2D eigenvalue weighted by Crippen LogP contribution is 2.44. The zero-order chi connectivity index (χ0) is 22.5. The van der Waals surface area contributed by atoms with Crippen molar-refractivity contribution < 1.29 is 28.1 Å². The minimum Gasteiger partial charge on any atom is -0.496 e. The van der Waals surface area contributed by atoms with Gasteiger partial charge >= 0.3 is 0 Å². The minimum absolute atomic E-state index is 0.115. The fourth-order valence-corrected chi connectivity index (χ4v) is 3.54. The van der Waals surface area contributed by atoms with E-state index in [0.717, 1.165) is 0 Å². The van der Waals surface area contributed by atoms with Crippen LogP contribution < -0.4 is 18.9 Å². The average molecular weight is 445 g/mol. The third kappa shape index (κ3) is 4.44. The summed E-state index contributed by atoms with van der Waals surface area (Å²) < 4.78 is 36.3. The number of ether oxygens (including phenoxy) is 4. The second kappa shape index (κ2) is 9.71. The topological polar surface area (TPSA) is 54.0 Å². The van der Waals surface area contributed by atoms with Gasteiger partial charge in [-0.25, -0.2) is 4.39 Å². The molecule has 0 aliphatic heterocycles. The van der Waals surface area contributed by atoms with E-state index in [1.807, 2.05) is 0 Å². The maximum atomic E-state index is 14.1. The quantitative estimate of drug-likeness (QED) is 0.422. The number of methoxy groups -OCH3 is 3. The lowest BCUT2D eigenvalue weighted by molar-refractivity contribution is 0.103. The Balaban J connectivity index is 2.18. The van der Waals surface area contributed by atoms with Gasteiger partial charge in [0.1, 0.15) is 18.2 Å². The molecule has 31 heavy (non-hydrogen) atoms. The Morgan fingerprint density at radius 2 is 1.61 bits per heavy atom. The van der Waals surface area contributed by atoms with Crippen LogP contribution >= 0.6 is 11.6 Å². The lowest BCUT2D eigenvalue weighted by Crippen LogP contribution is -2.12. The van der Waals surface area contributed by atoms with Gasteiger partial charge < -0.3 is 18.9 Å². The van der Waals surface area contributed by atoms with Crippen LogP contribution in [0.2, 0.25) is 5.02 Å². The maximum absolute atomic E-state index is 14.1. The first-order valence-corrected chi connectivity index (χ1v) is 9.79. The van der Waals surface area contributed by atoms with E-state index in [9.17, 15) is 9.18 Å². The molecule has 3 aromatic carbocycles. The van der Waals surface area contributed by atoms with Gasteiger partial charge in [-0.15, -0.1) is 0 Å². The van der Waals surface area contributed by atoms with Crippen LogP contribution in [-0.4, -0.2) is 27.1 Å². The molecule has 0 aromatic heterocycles. The standard InChI is InChI=1S/C24H22ClFO5/c1-14-12-19(29-3)23(30-4)24(31-13-15-8-5-6-10-17(15)26)20(14)22(27)21-16(25)9-7-11-18(21)28-2/h5-12H,13H2,1-4H3. The van der Waals surface area contributed by atoms with Crippen molar-refractivity contribution in [2.45, 2.75) is 13.5 Å². The monoisotopic (exact) mass is 444 g/mol. The van der Waals surface area contributed by atoms with Gasteiger partial charge in [0.25, 0.3) is 0 Å². The number of hydrogen-bond donors (Lipinski definition) is 0. The van der Waals surface area contributed by atoms with Crippen LogP contribution in [0.5, 0.6) is 23.0 Å². The molecular weight excluding hydrogens is 423 g/mol. The molecule has 0 aliphatic rings. The zero-order valence-corrected chi connectivity index (χ0v) is 18.4. The number of hydrogen-bond acceptors (Lipinski definition) is 5. The van der Waals surface area contributed by atoms with E-state index < -0.39 is 11.6 Å². The van der Waals surface area contributed by atoms with Crippen LogP contribution in [-0.2, 0) is 6.61 Å². The van der Waals surface area contributed by atoms with E-state index in [1.54, 1.807) is 49.4 Å². The highest BCUT2D eigenvalue weighted by Gasteiger charge is 2.28. The molecule has 3 rings (SSSR count). The number of benzene rings is 3. The van der Waals surface area contributed by atoms with E-state index in [1.165, 1.54) is 27.4 Å². The fraction of sp³-hybridized carbons (Fsp3) is 0.208. The SMILES string of the molecule is COc1cc(C)c(C(=O)c2c(Cl)cccc2OC)c(OCc2ccccc2F)c1OC. The van der Waals surface area contributed by atoms with Crippen LogP contribution in [0.3, 0.4) is 0 Å². The van der Waals surface area contributed by atoms with Gasteiger partial charge in [-0.3, -0.25) is 4.79 Å². The van der Waals surface area contributed by atoms with Crippen LogP contribution in [0.4, 0.5) is 4.39 Å². The number of halogens is 2. The molecule has 3 aromatic rings. The Labute approximate surface area is 185 Å². The van der Waals surface area contributed by atoms with Crippen molar-refractivity contribution in [2.24, 2.45) is 0 Å². The zero-order valence-electron chi connectivity index (χ0n) is 17.6. The molecule has 0 fully saturated rings. The highest BCUT2D eigenvalue weighted by molar-refractivity contribution is 6.35. The first-order chi connectivity index (χ1) is 14.9.